The Kier molecular flexibility index (Phi) is 3.88. The van der Waals surface area contributed by atoms with Crippen LogP contribution in [0.3, 0.4) is 0 Å². The number of imidazole rings is 1. The number of aryl methyl sites for hydroxylation is 2. The second-order valence-corrected chi connectivity index (χ2v) is 7.87. The summed E-state index contributed by atoms with van der Waals surface area (Å²) in [5, 5.41) is 0.560. The molecule has 3 aromatic rings. The van der Waals surface area contributed by atoms with Crippen LogP contribution < -0.4 is 4.90 Å². The van der Waals surface area contributed by atoms with Crippen molar-refractivity contribution in [2.24, 2.45) is 0 Å². The van der Waals surface area contributed by atoms with Crippen molar-refractivity contribution in [2.45, 2.75) is 30.7 Å². The fraction of sp³-hybridized carbons (Fsp3) is 0.316. The molecule has 1 aliphatic heterocycles. The molecule has 0 spiro atoms. The van der Waals surface area contributed by atoms with Crippen LogP contribution in [-0.4, -0.2) is 27.8 Å². The van der Waals surface area contributed by atoms with Gasteiger partial charge in [-0.25, -0.2) is 4.98 Å². The summed E-state index contributed by atoms with van der Waals surface area (Å²) in [7, 11) is 0.944. The van der Waals surface area contributed by atoms with Crippen molar-refractivity contribution in [3.05, 3.63) is 53.1 Å². The summed E-state index contributed by atoms with van der Waals surface area (Å²) >= 11 is 0. The predicted molar refractivity (Wildman–Crippen MR) is 99.0 cm³/mol. The highest BCUT2D eigenvalue weighted by Gasteiger charge is 2.20. The molecular formula is C19H21N3OS. The SMILES string of the molecule is Cc1cc2c(c(CS(=O)c3nc4ccccc4[nH]3)c1)N(C)CCC2. The Balaban J connectivity index is 1.70. The molecule has 2 aromatic carbocycles. The van der Waals surface area contributed by atoms with Gasteiger partial charge in [0, 0.05) is 19.3 Å². The molecule has 1 unspecified atom stereocenters. The number of aromatic nitrogens is 2. The molecule has 0 fully saturated rings. The van der Waals surface area contributed by atoms with Gasteiger partial charge in [0.25, 0.3) is 0 Å². The molecule has 0 saturated heterocycles. The van der Waals surface area contributed by atoms with Gasteiger partial charge in [-0.2, -0.15) is 0 Å². The third kappa shape index (κ3) is 2.73. The normalized spacial score (nSPS) is 15.5. The molecule has 0 aliphatic carbocycles. The Morgan fingerprint density at radius 3 is 2.96 bits per heavy atom. The number of nitrogens with one attached hydrogen (secondary N) is 1. The quantitative estimate of drug-likeness (QED) is 0.794. The molecule has 5 heteroatoms. The van der Waals surface area contributed by atoms with E-state index < -0.39 is 10.8 Å². The zero-order valence-corrected chi connectivity index (χ0v) is 14.8. The first kappa shape index (κ1) is 15.4. The molecule has 4 rings (SSSR count). The standard InChI is InChI=1S/C19H21N3OS/c1-13-10-14-6-5-9-22(2)18(14)15(11-13)12-24(23)19-20-16-7-3-4-8-17(16)21-19/h3-4,7-8,10-11H,5-6,9,12H2,1-2H3,(H,20,21). The van der Waals surface area contributed by atoms with Gasteiger partial charge in [-0.05, 0) is 43.0 Å². The van der Waals surface area contributed by atoms with E-state index in [4.69, 9.17) is 0 Å². The molecule has 1 N–H and O–H groups in total. The third-order valence-electron chi connectivity index (χ3n) is 4.60. The highest BCUT2D eigenvalue weighted by atomic mass is 32.2. The highest BCUT2D eigenvalue weighted by Crippen LogP contribution is 2.32. The minimum Gasteiger partial charge on any atom is -0.374 e. The minimum atomic E-state index is -1.18. The number of aromatic amines is 1. The summed E-state index contributed by atoms with van der Waals surface area (Å²) in [6.07, 6.45) is 2.28. The van der Waals surface area contributed by atoms with Gasteiger partial charge in [-0.15, -0.1) is 0 Å². The molecule has 0 amide bonds. The van der Waals surface area contributed by atoms with Gasteiger partial charge in [0.05, 0.1) is 27.6 Å². The molecule has 24 heavy (non-hydrogen) atoms. The first-order chi connectivity index (χ1) is 11.6. The van der Waals surface area contributed by atoms with Crippen molar-refractivity contribution in [1.82, 2.24) is 9.97 Å². The lowest BCUT2D eigenvalue weighted by molar-refractivity contribution is 0.677. The van der Waals surface area contributed by atoms with Crippen LogP contribution >= 0.6 is 0 Å². The number of rotatable bonds is 3. The van der Waals surface area contributed by atoms with E-state index in [1.54, 1.807) is 0 Å². The first-order valence-corrected chi connectivity index (χ1v) is 9.60. The Hall–Kier alpha value is -2.14. The summed E-state index contributed by atoms with van der Waals surface area (Å²) in [5.41, 5.74) is 6.83. The Labute approximate surface area is 144 Å². The smallest absolute Gasteiger partial charge is 0.197 e. The number of benzene rings is 2. The van der Waals surface area contributed by atoms with E-state index in [-0.39, 0.29) is 0 Å². The highest BCUT2D eigenvalue weighted by molar-refractivity contribution is 7.84. The maximum Gasteiger partial charge on any atom is 0.197 e. The van der Waals surface area contributed by atoms with E-state index >= 15 is 0 Å². The predicted octanol–water partition coefficient (Wildman–Crippen LogP) is 3.56. The maximum absolute atomic E-state index is 12.9. The van der Waals surface area contributed by atoms with Crippen molar-refractivity contribution in [3.63, 3.8) is 0 Å². The van der Waals surface area contributed by atoms with Gasteiger partial charge < -0.3 is 9.88 Å². The second kappa shape index (κ2) is 6.06. The lowest BCUT2D eigenvalue weighted by Crippen LogP contribution is -2.26. The Bertz CT molecular complexity index is 899. The minimum absolute atomic E-state index is 0.494. The van der Waals surface area contributed by atoms with Crippen LogP contribution in [0.1, 0.15) is 23.1 Å². The monoisotopic (exact) mass is 339 g/mol. The van der Waals surface area contributed by atoms with E-state index in [2.05, 4.69) is 41.0 Å². The lowest BCUT2D eigenvalue weighted by Gasteiger charge is -2.30. The number of fused-ring (bicyclic) bond motifs is 2. The van der Waals surface area contributed by atoms with Crippen molar-refractivity contribution < 1.29 is 4.21 Å². The topological polar surface area (TPSA) is 49.0 Å². The number of anilines is 1. The van der Waals surface area contributed by atoms with Crippen LogP contribution in [0.15, 0.2) is 41.6 Å². The van der Waals surface area contributed by atoms with Crippen LogP contribution in [0.25, 0.3) is 11.0 Å². The zero-order valence-electron chi connectivity index (χ0n) is 14.0. The maximum atomic E-state index is 12.9. The molecule has 1 aromatic heterocycles. The fourth-order valence-electron chi connectivity index (χ4n) is 3.59. The molecule has 124 valence electrons. The number of para-hydroxylation sites is 2. The van der Waals surface area contributed by atoms with E-state index in [0.29, 0.717) is 10.9 Å². The summed E-state index contributed by atoms with van der Waals surface area (Å²) in [5.74, 6) is 0.494. The zero-order chi connectivity index (χ0) is 16.7. The van der Waals surface area contributed by atoms with Crippen molar-refractivity contribution >= 4 is 27.5 Å². The fourth-order valence-corrected chi connectivity index (χ4v) is 4.65. The molecule has 0 saturated carbocycles. The largest absolute Gasteiger partial charge is 0.374 e. The summed E-state index contributed by atoms with van der Waals surface area (Å²) in [4.78, 5) is 9.98. The Morgan fingerprint density at radius 2 is 2.12 bits per heavy atom. The number of hydrogen-bond donors (Lipinski definition) is 1. The molecule has 2 heterocycles. The van der Waals surface area contributed by atoms with Crippen LogP contribution in [0.5, 0.6) is 0 Å². The van der Waals surface area contributed by atoms with Gasteiger partial charge in [-0.1, -0.05) is 29.8 Å². The average Bonchev–Trinajstić information content (AvgIpc) is 2.98. The van der Waals surface area contributed by atoms with Crippen LogP contribution in [0.4, 0.5) is 5.69 Å². The molecular weight excluding hydrogens is 318 g/mol. The van der Waals surface area contributed by atoms with Crippen molar-refractivity contribution in [3.8, 4) is 0 Å². The average molecular weight is 339 g/mol. The number of hydrogen-bond acceptors (Lipinski definition) is 3. The molecule has 1 aliphatic rings. The number of H-pyrrole nitrogens is 1. The van der Waals surface area contributed by atoms with Crippen molar-refractivity contribution in [1.29, 1.82) is 0 Å². The van der Waals surface area contributed by atoms with Crippen LogP contribution in [0, 0.1) is 6.92 Å². The molecule has 0 bridgehead atoms. The van der Waals surface area contributed by atoms with Crippen LogP contribution in [0.2, 0.25) is 0 Å². The second-order valence-electron chi connectivity index (χ2n) is 6.51. The molecule has 4 nitrogen and oxygen atoms in total. The van der Waals surface area contributed by atoms with Gasteiger partial charge in [0.1, 0.15) is 0 Å². The molecule has 1 atom stereocenters. The van der Waals surface area contributed by atoms with E-state index in [9.17, 15) is 4.21 Å². The lowest BCUT2D eigenvalue weighted by atomic mass is 9.96. The Morgan fingerprint density at radius 1 is 1.29 bits per heavy atom. The summed E-state index contributed by atoms with van der Waals surface area (Å²) in [6, 6.07) is 12.2. The first-order valence-electron chi connectivity index (χ1n) is 8.28. The molecule has 0 radical (unpaired) electrons. The van der Waals surface area contributed by atoms with Crippen molar-refractivity contribution in [2.75, 3.05) is 18.5 Å². The van der Waals surface area contributed by atoms with E-state index in [1.165, 1.54) is 23.2 Å². The summed E-state index contributed by atoms with van der Waals surface area (Å²) < 4.78 is 12.9. The van der Waals surface area contributed by atoms with Gasteiger partial charge >= 0.3 is 0 Å². The third-order valence-corrected chi connectivity index (χ3v) is 5.80. The van der Waals surface area contributed by atoms with Crippen LogP contribution in [-0.2, 0) is 23.0 Å². The van der Waals surface area contributed by atoms with Gasteiger partial charge in [0.2, 0.25) is 0 Å². The van der Waals surface area contributed by atoms with Gasteiger partial charge in [0.15, 0.2) is 5.16 Å². The van der Waals surface area contributed by atoms with E-state index in [0.717, 1.165) is 29.6 Å². The summed E-state index contributed by atoms with van der Waals surface area (Å²) in [6.45, 7) is 3.17. The van der Waals surface area contributed by atoms with E-state index in [1.807, 2.05) is 24.3 Å². The number of nitrogens with zero attached hydrogens (tertiary/aromatic N) is 2. The van der Waals surface area contributed by atoms with Gasteiger partial charge in [-0.3, -0.25) is 4.21 Å².